The summed E-state index contributed by atoms with van der Waals surface area (Å²) in [5.41, 5.74) is 2.74. The quantitative estimate of drug-likeness (QED) is 0.601. The number of para-hydroxylation sites is 1. The number of hydrogen-bond acceptors (Lipinski definition) is 3. The van der Waals surface area contributed by atoms with Crippen molar-refractivity contribution in [2.75, 3.05) is 5.32 Å². The van der Waals surface area contributed by atoms with Gasteiger partial charge in [0.25, 0.3) is 0 Å². The van der Waals surface area contributed by atoms with Crippen molar-refractivity contribution in [2.24, 2.45) is 11.8 Å². The van der Waals surface area contributed by atoms with E-state index in [-0.39, 0.29) is 17.4 Å². The molecule has 1 atom stereocenters. The third-order valence-electron chi connectivity index (χ3n) is 6.37. The maximum Gasteiger partial charge on any atom is 0.227 e. The number of aromatic nitrogens is 1. The second-order valence-electron chi connectivity index (χ2n) is 8.11. The minimum atomic E-state index is -0.618. The predicted octanol–water partition coefficient (Wildman–Crippen LogP) is 5.79. The lowest BCUT2D eigenvalue weighted by atomic mass is 9.73. The van der Waals surface area contributed by atoms with Gasteiger partial charge in [0.05, 0.1) is 11.1 Å². The van der Waals surface area contributed by atoms with Gasteiger partial charge in [-0.3, -0.25) is 9.78 Å². The number of hydrogen-bond donors (Lipinski definition) is 1. The standard InChI is InChI=1S/C25H24FN3O/c1-16(25(30)29-20-11-10-19(15-27)23(26)14-20)17-6-8-18(9-7-17)21-12-13-28-24-5-3-2-4-22(21)24/h2-5,10-14,16-18H,6-9H2,1H3,(H,29,30)/t16-,17-,18-/m1/s1. The molecule has 5 heteroatoms. The Hall–Kier alpha value is -3.26. The van der Waals surface area contributed by atoms with Crippen LogP contribution in [0.5, 0.6) is 0 Å². The third-order valence-corrected chi connectivity index (χ3v) is 6.37. The highest BCUT2D eigenvalue weighted by Gasteiger charge is 2.30. The van der Waals surface area contributed by atoms with Gasteiger partial charge in [0.1, 0.15) is 11.9 Å². The monoisotopic (exact) mass is 401 g/mol. The number of amides is 1. The minimum Gasteiger partial charge on any atom is -0.326 e. The maximum absolute atomic E-state index is 13.8. The van der Waals surface area contributed by atoms with Crippen LogP contribution in [-0.4, -0.2) is 10.9 Å². The molecule has 0 aliphatic heterocycles. The van der Waals surface area contributed by atoms with Crippen molar-refractivity contribution in [3.63, 3.8) is 0 Å². The number of nitrogens with zero attached hydrogens (tertiary/aromatic N) is 2. The first kappa shape index (κ1) is 20.0. The van der Waals surface area contributed by atoms with E-state index >= 15 is 0 Å². The summed E-state index contributed by atoms with van der Waals surface area (Å²) in [6.07, 6.45) is 5.94. The zero-order valence-corrected chi connectivity index (χ0v) is 16.9. The van der Waals surface area contributed by atoms with E-state index in [2.05, 4.69) is 28.5 Å². The highest BCUT2D eigenvalue weighted by Crippen LogP contribution is 2.40. The van der Waals surface area contributed by atoms with Crippen LogP contribution in [0.2, 0.25) is 0 Å². The van der Waals surface area contributed by atoms with Gasteiger partial charge < -0.3 is 5.32 Å². The van der Waals surface area contributed by atoms with Gasteiger partial charge in [0, 0.05) is 23.2 Å². The molecule has 1 fully saturated rings. The third kappa shape index (κ3) is 4.04. The average Bonchev–Trinajstić information content (AvgIpc) is 2.78. The number of benzene rings is 2. The van der Waals surface area contributed by atoms with Gasteiger partial charge in [-0.2, -0.15) is 5.26 Å². The molecule has 0 unspecified atom stereocenters. The van der Waals surface area contributed by atoms with E-state index in [4.69, 9.17) is 5.26 Å². The van der Waals surface area contributed by atoms with Crippen LogP contribution in [0.25, 0.3) is 10.9 Å². The number of halogens is 1. The van der Waals surface area contributed by atoms with E-state index < -0.39 is 5.82 Å². The smallest absolute Gasteiger partial charge is 0.227 e. The molecular formula is C25H24FN3O. The number of carbonyl (C=O) groups excluding carboxylic acids is 1. The summed E-state index contributed by atoms with van der Waals surface area (Å²) in [7, 11) is 0. The fourth-order valence-corrected chi connectivity index (χ4v) is 4.56. The van der Waals surface area contributed by atoms with E-state index in [1.54, 1.807) is 12.1 Å². The molecule has 30 heavy (non-hydrogen) atoms. The molecule has 1 saturated carbocycles. The summed E-state index contributed by atoms with van der Waals surface area (Å²) in [6, 6.07) is 16.3. The number of rotatable bonds is 4. The summed E-state index contributed by atoms with van der Waals surface area (Å²) in [4.78, 5) is 17.2. The average molecular weight is 401 g/mol. The molecular weight excluding hydrogens is 377 g/mol. The van der Waals surface area contributed by atoms with Crippen molar-refractivity contribution in [3.05, 3.63) is 71.7 Å². The molecule has 0 radical (unpaired) electrons. The van der Waals surface area contributed by atoms with Gasteiger partial charge >= 0.3 is 0 Å². The van der Waals surface area contributed by atoms with Crippen molar-refractivity contribution < 1.29 is 9.18 Å². The van der Waals surface area contributed by atoms with Gasteiger partial charge in [-0.15, -0.1) is 0 Å². The normalized spacial score (nSPS) is 19.8. The molecule has 3 aromatic rings. The number of nitriles is 1. The van der Waals surface area contributed by atoms with Gasteiger partial charge in [-0.25, -0.2) is 4.39 Å². The second kappa shape index (κ2) is 8.62. The van der Waals surface area contributed by atoms with E-state index in [0.29, 0.717) is 17.5 Å². The number of carbonyl (C=O) groups is 1. The van der Waals surface area contributed by atoms with Crippen LogP contribution in [0.4, 0.5) is 10.1 Å². The SMILES string of the molecule is C[C@@H](C(=O)Nc1ccc(C#N)c(F)c1)[C@H]1CC[C@H](c2ccnc3ccccc32)CC1. The number of fused-ring (bicyclic) bond motifs is 1. The Morgan fingerprint density at radius 2 is 1.93 bits per heavy atom. The first-order valence-corrected chi connectivity index (χ1v) is 10.4. The van der Waals surface area contributed by atoms with Gasteiger partial charge in [-0.05, 0) is 73.4 Å². The fraction of sp³-hybridized carbons (Fsp3) is 0.320. The van der Waals surface area contributed by atoms with Crippen LogP contribution in [0.1, 0.15) is 49.7 Å². The van der Waals surface area contributed by atoms with Crippen molar-refractivity contribution in [1.82, 2.24) is 4.98 Å². The molecule has 2 aromatic carbocycles. The Morgan fingerprint density at radius 3 is 2.67 bits per heavy atom. The van der Waals surface area contributed by atoms with E-state index in [1.807, 2.05) is 25.3 Å². The van der Waals surface area contributed by atoms with Crippen molar-refractivity contribution >= 4 is 22.5 Å². The Bertz CT molecular complexity index is 1110. The topological polar surface area (TPSA) is 65.8 Å². The molecule has 1 aliphatic rings. The molecule has 0 bridgehead atoms. The maximum atomic E-state index is 13.8. The number of pyridine rings is 1. The Morgan fingerprint density at radius 1 is 1.17 bits per heavy atom. The molecule has 0 spiro atoms. The van der Waals surface area contributed by atoms with Crippen molar-refractivity contribution in [2.45, 2.75) is 38.5 Å². The van der Waals surface area contributed by atoms with Crippen molar-refractivity contribution in [3.8, 4) is 6.07 Å². The van der Waals surface area contributed by atoms with Crippen LogP contribution >= 0.6 is 0 Å². The molecule has 1 heterocycles. The summed E-state index contributed by atoms with van der Waals surface area (Å²) in [5.74, 6) is -0.0848. The van der Waals surface area contributed by atoms with E-state index in [9.17, 15) is 9.18 Å². The Labute approximate surface area is 175 Å². The summed E-state index contributed by atoms with van der Waals surface area (Å²) in [5, 5.41) is 12.9. The van der Waals surface area contributed by atoms with Gasteiger partial charge in [0.15, 0.2) is 0 Å². The van der Waals surface area contributed by atoms with Crippen LogP contribution in [0, 0.1) is 29.0 Å². The largest absolute Gasteiger partial charge is 0.326 e. The zero-order valence-electron chi connectivity index (χ0n) is 16.9. The zero-order chi connectivity index (χ0) is 21.1. The first-order valence-electron chi connectivity index (χ1n) is 10.4. The predicted molar refractivity (Wildman–Crippen MR) is 115 cm³/mol. The van der Waals surface area contributed by atoms with Crippen LogP contribution < -0.4 is 5.32 Å². The Balaban J connectivity index is 1.39. The molecule has 0 saturated heterocycles. The molecule has 1 aromatic heterocycles. The highest BCUT2D eigenvalue weighted by molar-refractivity contribution is 5.92. The van der Waals surface area contributed by atoms with Crippen LogP contribution in [-0.2, 0) is 4.79 Å². The molecule has 1 amide bonds. The Kier molecular flexibility index (Phi) is 5.76. The lowest BCUT2D eigenvalue weighted by Gasteiger charge is -2.32. The number of nitrogens with one attached hydrogen (secondary N) is 1. The first-order chi connectivity index (χ1) is 14.6. The van der Waals surface area contributed by atoms with E-state index in [1.165, 1.54) is 23.1 Å². The lowest BCUT2D eigenvalue weighted by molar-refractivity contribution is -0.121. The summed E-state index contributed by atoms with van der Waals surface area (Å²) < 4.78 is 13.8. The molecule has 4 rings (SSSR count). The highest BCUT2D eigenvalue weighted by atomic mass is 19.1. The lowest BCUT2D eigenvalue weighted by Crippen LogP contribution is -2.29. The molecule has 152 valence electrons. The number of anilines is 1. The van der Waals surface area contributed by atoms with Crippen LogP contribution in [0.15, 0.2) is 54.7 Å². The van der Waals surface area contributed by atoms with Crippen LogP contribution in [0.3, 0.4) is 0 Å². The molecule has 1 aliphatic carbocycles. The second-order valence-corrected chi connectivity index (χ2v) is 8.11. The van der Waals surface area contributed by atoms with E-state index in [0.717, 1.165) is 31.2 Å². The molecule has 4 nitrogen and oxygen atoms in total. The van der Waals surface area contributed by atoms with Gasteiger partial charge in [0.2, 0.25) is 5.91 Å². The minimum absolute atomic E-state index is 0.0250. The molecule has 1 N–H and O–H groups in total. The summed E-state index contributed by atoms with van der Waals surface area (Å²) >= 11 is 0. The van der Waals surface area contributed by atoms with Crippen molar-refractivity contribution in [1.29, 1.82) is 5.26 Å². The summed E-state index contributed by atoms with van der Waals surface area (Å²) in [6.45, 7) is 1.95. The van der Waals surface area contributed by atoms with Gasteiger partial charge in [-0.1, -0.05) is 25.1 Å². The fourth-order valence-electron chi connectivity index (χ4n) is 4.56.